The lowest BCUT2D eigenvalue weighted by atomic mass is 10.1. The van der Waals surface area contributed by atoms with Crippen LogP contribution in [0.2, 0.25) is 0 Å². The first-order chi connectivity index (χ1) is 14.3. The molecule has 0 aliphatic carbocycles. The van der Waals surface area contributed by atoms with Crippen LogP contribution in [-0.2, 0) is 19.7 Å². The summed E-state index contributed by atoms with van der Waals surface area (Å²) < 4.78 is 56.7. The Morgan fingerprint density at radius 3 is 2.20 bits per heavy atom. The van der Waals surface area contributed by atoms with Gasteiger partial charge in [-0.3, -0.25) is 4.90 Å². The van der Waals surface area contributed by atoms with Crippen molar-refractivity contribution in [3.63, 3.8) is 0 Å². The molecule has 2 saturated heterocycles. The molecule has 2 heterocycles. The molecule has 2 aliphatic heterocycles. The van der Waals surface area contributed by atoms with Crippen LogP contribution in [0, 0.1) is 0 Å². The Labute approximate surface area is 178 Å². The maximum Gasteiger partial charge on any atom is 0.183 e. The Kier molecular flexibility index (Phi) is 5.78. The Morgan fingerprint density at radius 2 is 1.53 bits per heavy atom. The van der Waals surface area contributed by atoms with Crippen LogP contribution in [0.25, 0.3) is 0 Å². The van der Waals surface area contributed by atoms with Crippen LogP contribution in [0.1, 0.15) is 0 Å². The smallest absolute Gasteiger partial charge is 0.183 e. The summed E-state index contributed by atoms with van der Waals surface area (Å²) in [7, 11) is -5.52. The molecule has 0 radical (unpaired) electrons. The number of hydrogen-bond acceptors (Lipinski definition) is 7. The predicted molar refractivity (Wildman–Crippen MR) is 117 cm³/mol. The molecule has 0 bridgehead atoms. The van der Waals surface area contributed by atoms with Gasteiger partial charge in [-0.25, -0.2) is 16.8 Å². The van der Waals surface area contributed by atoms with Gasteiger partial charge >= 0.3 is 0 Å². The summed E-state index contributed by atoms with van der Waals surface area (Å²) in [6.45, 7) is 2.54. The third kappa shape index (κ3) is 4.06. The minimum absolute atomic E-state index is 0.113. The number of nitrogens with zero attached hydrogens (tertiary/aromatic N) is 2. The highest BCUT2D eigenvalue weighted by Crippen LogP contribution is 2.32. The summed E-state index contributed by atoms with van der Waals surface area (Å²) in [6, 6.07) is 15.4. The van der Waals surface area contributed by atoms with Crippen molar-refractivity contribution in [3.8, 4) is 5.75 Å². The van der Waals surface area contributed by atoms with Gasteiger partial charge in [-0.15, -0.1) is 0 Å². The molecule has 7 nitrogen and oxygen atoms in total. The summed E-state index contributed by atoms with van der Waals surface area (Å²) in [6.07, 6.45) is 0. The van der Waals surface area contributed by atoms with E-state index in [1.165, 1.54) is 12.1 Å². The van der Waals surface area contributed by atoms with Crippen LogP contribution >= 0.6 is 0 Å². The van der Waals surface area contributed by atoms with Gasteiger partial charge in [-0.05, 0) is 24.3 Å². The fraction of sp³-hybridized carbons (Fsp3) is 0.429. The topological polar surface area (TPSA) is 84.0 Å². The van der Waals surface area contributed by atoms with E-state index in [4.69, 9.17) is 4.74 Å². The number of rotatable bonds is 5. The van der Waals surface area contributed by atoms with Crippen LogP contribution in [0.5, 0.6) is 5.75 Å². The van der Waals surface area contributed by atoms with E-state index in [1.807, 2.05) is 29.2 Å². The van der Waals surface area contributed by atoms with Crippen molar-refractivity contribution in [2.45, 2.75) is 16.2 Å². The lowest BCUT2D eigenvalue weighted by Crippen LogP contribution is -2.55. The van der Waals surface area contributed by atoms with Gasteiger partial charge in [0.15, 0.2) is 19.7 Å². The zero-order valence-electron chi connectivity index (χ0n) is 16.8. The van der Waals surface area contributed by atoms with E-state index < -0.39 is 31.0 Å². The molecule has 2 aromatic carbocycles. The molecule has 2 fully saturated rings. The maximum absolute atomic E-state index is 13.2. The highest BCUT2D eigenvalue weighted by Gasteiger charge is 2.48. The molecular weight excluding hydrogens is 424 g/mol. The molecule has 0 N–H and O–H groups in total. The van der Waals surface area contributed by atoms with Crippen molar-refractivity contribution >= 4 is 25.4 Å². The number of methoxy groups -OCH3 is 1. The molecule has 0 spiro atoms. The van der Waals surface area contributed by atoms with Gasteiger partial charge < -0.3 is 9.64 Å². The Bertz CT molecular complexity index is 1100. The zero-order valence-corrected chi connectivity index (χ0v) is 18.5. The average molecular weight is 451 g/mol. The molecule has 4 rings (SSSR count). The van der Waals surface area contributed by atoms with E-state index in [0.717, 1.165) is 11.4 Å². The SMILES string of the molecule is COc1ccccc1N1CCN([C@@H]2CS(=O)(=O)C[C@H]2S(=O)(=O)c2ccccc2)CC1. The lowest BCUT2D eigenvalue weighted by Gasteiger charge is -2.40. The van der Waals surface area contributed by atoms with Gasteiger partial charge in [0, 0.05) is 32.2 Å². The molecular formula is C21H26N2O5S2. The second kappa shape index (κ2) is 8.20. The first-order valence-corrected chi connectivity index (χ1v) is 13.3. The minimum atomic E-state index is -3.74. The van der Waals surface area contributed by atoms with Gasteiger partial charge in [0.2, 0.25) is 0 Å². The molecule has 0 aromatic heterocycles. The summed E-state index contributed by atoms with van der Waals surface area (Å²) in [5.74, 6) is 0.360. The van der Waals surface area contributed by atoms with Crippen LogP contribution < -0.4 is 9.64 Å². The van der Waals surface area contributed by atoms with Gasteiger partial charge in [-0.1, -0.05) is 30.3 Å². The van der Waals surface area contributed by atoms with Crippen LogP contribution in [-0.4, -0.2) is 77.8 Å². The van der Waals surface area contributed by atoms with E-state index in [1.54, 1.807) is 25.3 Å². The van der Waals surface area contributed by atoms with Crippen LogP contribution in [0.3, 0.4) is 0 Å². The van der Waals surface area contributed by atoms with Gasteiger partial charge in [0.1, 0.15) is 5.75 Å². The van der Waals surface area contributed by atoms with E-state index in [2.05, 4.69) is 4.90 Å². The van der Waals surface area contributed by atoms with Crippen molar-refractivity contribution in [2.24, 2.45) is 0 Å². The predicted octanol–water partition coefficient (Wildman–Crippen LogP) is 1.46. The number of sulfone groups is 2. The molecule has 0 unspecified atom stereocenters. The first kappa shape index (κ1) is 21.1. The number of para-hydroxylation sites is 2. The first-order valence-electron chi connectivity index (χ1n) is 9.93. The van der Waals surface area contributed by atoms with Crippen molar-refractivity contribution in [1.29, 1.82) is 0 Å². The van der Waals surface area contributed by atoms with Gasteiger partial charge in [0.25, 0.3) is 0 Å². The van der Waals surface area contributed by atoms with Crippen molar-refractivity contribution in [2.75, 3.05) is 49.7 Å². The fourth-order valence-electron chi connectivity index (χ4n) is 4.40. The second-order valence-electron chi connectivity index (χ2n) is 7.74. The molecule has 162 valence electrons. The average Bonchev–Trinajstić information content (AvgIpc) is 3.11. The third-order valence-electron chi connectivity index (χ3n) is 5.95. The van der Waals surface area contributed by atoms with Crippen LogP contribution in [0.15, 0.2) is 59.5 Å². The number of anilines is 1. The van der Waals surface area contributed by atoms with E-state index in [-0.39, 0.29) is 16.4 Å². The largest absolute Gasteiger partial charge is 0.495 e. The molecule has 0 amide bonds. The number of piperazine rings is 1. The summed E-state index contributed by atoms with van der Waals surface area (Å²) in [5.41, 5.74) is 0.993. The van der Waals surface area contributed by atoms with Gasteiger partial charge in [0.05, 0.1) is 34.4 Å². The van der Waals surface area contributed by atoms with E-state index in [0.29, 0.717) is 26.2 Å². The zero-order chi connectivity index (χ0) is 21.4. The molecule has 9 heteroatoms. The Morgan fingerprint density at radius 1 is 0.900 bits per heavy atom. The highest BCUT2D eigenvalue weighted by atomic mass is 32.2. The molecule has 30 heavy (non-hydrogen) atoms. The highest BCUT2D eigenvalue weighted by molar-refractivity contribution is 7.96. The summed E-state index contributed by atoms with van der Waals surface area (Å²) >= 11 is 0. The normalized spacial score (nSPS) is 24.6. The maximum atomic E-state index is 13.2. The monoisotopic (exact) mass is 450 g/mol. The molecule has 2 aromatic rings. The van der Waals surface area contributed by atoms with Crippen molar-refractivity contribution in [3.05, 3.63) is 54.6 Å². The number of benzene rings is 2. The molecule has 2 atom stereocenters. The van der Waals surface area contributed by atoms with E-state index in [9.17, 15) is 16.8 Å². The number of hydrogen-bond donors (Lipinski definition) is 0. The summed E-state index contributed by atoms with van der Waals surface area (Å²) in [5, 5.41) is -0.942. The standard InChI is InChI=1S/C21H26N2O5S2/c1-28-20-10-6-5-9-18(20)22-11-13-23(14-12-22)19-15-29(24,25)16-21(19)30(26,27)17-7-3-2-4-8-17/h2-10,19,21H,11-16H2,1H3/t19-,21-/m1/s1. The fourth-order valence-corrected chi connectivity index (χ4v) is 9.25. The lowest BCUT2D eigenvalue weighted by molar-refractivity contribution is 0.201. The summed E-state index contributed by atoms with van der Waals surface area (Å²) in [4.78, 5) is 4.41. The van der Waals surface area contributed by atoms with Crippen molar-refractivity contribution < 1.29 is 21.6 Å². The molecule has 2 aliphatic rings. The quantitative estimate of drug-likeness (QED) is 0.682. The number of ether oxygens (including phenoxy) is 1. The Hall–Kier alpha value is -2.10. The molecule has 0 saturated carbocycles. The third-order valence-corrected chi connectivity index (χ3v) is 10.1. The van der Waals surface area contributed by atoms with Crippen LogP contribution in [0.4, 0.5) is 5.69 Å². The minimum Gasteiger partial charge on any atom is -0.495 e. The van der Waals surface area contributed by atoms with Gasteiger partial charge in [-0.2, -0.15) is 0 Å². The second-order valence-corrected chi connectivity index (χ2v) is 12.1. The van der Waals surface area contributed by atoms with Crippen molar-refractivity contribution in [1.82, 2.24) is 4.90 Å². The van der Waals surface area contributed by atoms with E-state index >= 15 is 0 Å². The Balaban J connectivity index is 1.54.